The molecule has 0 N–H and O–H groups in total. The third-order valence-corrected chi connectivity index (χ3v) is 2.81. The van der Waals surface area contributed by atoms with Crippen molar-refractivity contribution < 1.29 is 4.79 Å². The molecule has 0 unspecified atom stereocenters. The minimum Gasteiger partial charge on any atom is -0.331 e. The van der Waals surface area contributed by atoms with Gasteiger partial charge in [0.1, 0.15) is 11.6 Å². The van der Waals surface area contributed by atoms with Gasteiger partial charge in [-0.25, -0.2) is 22.9 Å². The first-order valence-electron chi connectivity index (χ1n) is 5.81. The topological polar surface area (TPSA) is 32.7 Å². The molecule has 1 aliphatic carbocycles. The van der Waals surface area contributed by atoms with Crippen molar-refractivity contribution in [3.63, 3.8) is 0 Å². The zero-order valence-electron chi connectivity index (χ0n) is 11.3. The highest BCUT2D eigenvalue weighted by molar-refractivity contribution is 5.66. The van der Waals surface area contributed by atoms with E-state index in [1.807, 2.05) is 37.5 Å². The quantitative estimate of drug-likeness (QED) is 0.328. The van der Waals surface area contributed by atoms with Crippen LogP contribution in [-0.2, 0) is 4.79 Å². The molecule has 0 fully saturated rings. The number of hydrogen-bond donors (Lipinski definition) is 0. The van der Waals surface area contributed by atoms with Crippen molar-refractivity contribution in [2.75, 3.05) is 7.05 Å². The second kappa shape index (κ2) is 6.58. The highest BCUT2D eigenvalue weighted by Crippen LogP contribution is 2.23. The van der Waals surface area contributed by atoms with Gasteiger partial charge in [-0.15, -0.1) is 12.6 Å². The Kier molecular flexibility index (Phi) is 5.09. The van der Waals surface area contributed by atoms with Crippen molar-refractivity contribution in [1.82, 2.24) is 4.90 Å². The van der Waals surface area contributed by atoms with Gasteiger partial charge in [-0.05, 0) is 6.92 Å². The normalized spacial score (nSPS) is 16.8. The molecule has 96 valence electrons. The van der Waals surface area contributed by atoms with E-state index in [4.69, 9.17) is 0 Å². The summed E-state index contributed by atoms with van der Waals surface area (Å²) in [5, 5.41) is 0. The maximum absolute atomic E-state index is 10.5. The van der Waals surface area contributed by atoms with E-state index in [-0.39, 0.29) is 0 Å². The SMILES string of the molecule is C[CH-]C(C)=C1C=C[CH-]C=C1N=CN(C)C(C)=C=O. The number of rotatable bonds is 4. The summed E-state index contributed by atoms with van der Waals surface area (Å²) in [4.78, 5) is 16.6. The Morgan fingerprint density at radius 2 is 2.28 bits per heavy atom. The summed E-state index contributed by atoms with van der Waals surface area (Å²) < 4.78 is 0. The van der Waals surface area contributed by atoms with Gasteiger partial charge in [0.25, 0.3) is 0 Å². The molecule has 0 saturated heterocycles. The van der Waals surface area contributed by atoms with Crippen molar-refractivity contribution in [1.29, 1.82) is 0 Å². The van der Waals surface area contributed by atoms with Crippen LogP contribution in [0.3, 0.4) is 0 Å². The third kappa shape index (κ3) is 3.44. The van der Waals surface area contributed by atoms with E-state index in [2.05, 4.69) is 18.3 Å². The Morgan fingerprint density at radius 3 is 2.89 bits per heavy atom. The zero-order chi connectivity index (χ0) is 13.5. The predicted molar refractivity (Wildman–Crippen MR) is 75.3 cm³/mol. The molecule has 3 nitrogen and oxygen atoms in total. The van der Waals surface area contributed by atoms with E-state index in [0.29, 0.717) is 5.70 Å². The van der Waals surface area contributed by atoms with Crippen LogP contribution in [0, 0.1) is 12.8 Å². The van der Waals surface area contributed by atoms with Crippen LogP contribution < -0.4 is 0 Å². The average Bonchev–Trinajstić information content (AvgIpc) is 2.43. The van der Waals surface area contributed by atoms with Gasteiger partial charge in [-0.3, -0.25) is 5.57 Å². The molecule has 18 heavy (non-hydrogen) atoms. The first kappa shape index (κ1) is 13.9. The minimum atomic E-state index is 0.499. The average molecular weight is 242 g/mol. The molecule has 0 amide bonds. The predicted octanol–water partition coefficient (Wildman–Crippen LogP) is 2.88. The second-order valence-corrected chi connectivity index (χ2v) is 4.03. The maximum atomic E-state index is 10.5. The Balaban J connectivity index is 2.93. The monoisotopic (exact) mass is 242 g/mol. The molecule has 0 saturated carbocycles. The summed E-state index contributed by atoms with van der Waals surface area (Å²) in [6, 6.07) is 0. The standard InChI is InChI=1S/C15H18N2O/c1-5-12(2)14-8-6-7-9-15(14)16-11-17(4)13(3)10-18/h5-9,11H,1-4H3/q-2. The lowest BCUT2D eigenvalue weighted by Crippen LogP contribution is -2.14. The van der Waals surface area contributed by atoms with Crippen LogP contribution in [0.5, 0.6) is 0 Å². The van der Waals surface area contributed by atoms with Crippen LogP contribution in [0.4, 0.5) is 0 Å². The smallest absolute Gasteiger partial charge is 0.145 e. The molecule has 0 atom stereocenters. The highest BCUT2D eigenvalue weighted by Gasteiger charge is 1.95. The van der Waals surface area contributed by atoms with E-state index in [0.717, 1.165) is 11.3 Å². The molecule has 3 heteroatoms. The van der Waals surface area contributed by atoms with Crippen molar-refractivity contribution in [3.8, 4) is 0 Å². The highest BCUT2D eigenvalue weighted by atomic mass is 16.1. The van der Waals surface area contributed by atoms with Gasteiger partial charge >= 0.3 is 0 Å². The fraction of sp³-hybridized carbons (Fsp3) is 0.267. The Labute approximate surface area is 109 Å². The molecular formula is C15H18N2O-2. The summed E-state index contributed by atoms with van der Waals surface area (Å²) in [6.07, 6.45) is 11.6. The lowest BCUT2D eigenvalue weighted by molar-refractivity contribution is 0.554. The molecular weight excluding hydrogens is 224 g/mol. The third-order valence-electron chi connectivity index (χ3n) is 2.81. The largest absolute Gasteiger partial charge is 0.331 e. The van der Waals surface area contributed by atoms with Gasteiger partial charge in [-0.2, -0.15) is 18.6 Å². The molecule has 1 rings (SSSR count). The van der Waals surface area contributed by atoms with Crippen LogP contribution in [0.15, 0.2) is 45.8 Å². The minimum absolute atomic E-state index is 0.499. The van der Waals surface area contributed by atoms with Crippen molar-refractivity contribution in [2.45, 2.75) is 20.8 Å². The first-order chi connectivity index (χ1) is 8.60. The van der Waals surface area contributed by atoms with E-state index >= 15 is 0 Å². The number of nitrogens with zero attached hydrogens (tertiary/aromatic N) is 2. The lowest BCUT2D eigenvalue weighted by Gasteiger charge is -2.29. The van der Waals surface area contributed by atoms with Gasteiger partial charge in [0.05, 0.1) is 6.34 Å². The van der Waals surface area contributed by atoms with Gasteiger partial charge in [0.15, 0.2) is 0 Å². The molecule has 1 aliphatic rings. The van der Waals surface area contributed by atoms with Gasteiger partial charge in [0, 0.05) is 7.05 Å². The summed E-state index contributed by atoms with van der Waals surface area (Å²) in [6.45, 7) is 5.75. The van der Waals surface area contributed by atoms with Crippen LogP contribution in [0.1, 0.15) is 20.8 Å². The number of hydrogen-bond acceptors (Lipinski definition) is 2. The molecule has 0 aromatic carbocycles. The number of carbonyl (C=O) groups excluding carboxylic acids is 1. The van der Waals surface area contributed by atoms with E-state index in [9.17, 15) is 4.79 Å². The summed E-state index contributed by atoms with van der Waals surface area (Å²) in [5.41, 5.74) is 3.66. The number of allylic oxidation sites excluding steroid dienone is 5. The fourth-order valence-electron chi connectivity index (χ4n) is 1.38. The summed E-state index contributed by atoms with van der Waals surface area (Å²) >= 11 is 0. The lowest BCUT2D eigenvalue weighted by atomic mass is 9.99. The van der Waals surface area contributed by atoms with Gasteiger partial charge in [0.2, 0.25) is 0 Å². The van der Waals surface area contributed by atoms with Crippen molar-refractivity contribution in [3.05, 3.63) is 53.6 Å². The molecule has 0 radical (unpaired) electrons. The van der Waals surface area contributed by atoms with Crippen LogP contribution in [-0.4, -0.2) is 24.2 Å². The number of aliphatic imine (C=N–C) groups is 1. The second-order valence-electron chi connectivity index (χ2n) is 4.03. The van der Waals surface area contributed by atoms with Crippen molar-refractivity contribution >= 4 is 12.3 Å². The van der Waals surface area contributed by atoms with Crippen molar-refractivity contribution in [2.24, 2.45) is 4.99 Å². The molecule has 0 aromatic heterocycles. The molecule has 0 bridgehead atoms. The Bertz CT molecular complexity index is 475. The Hall–Kier alpha value is -2.12. The molecule has 0 aliphatic heterocycles. The van der Waals surface area contributed by atoms with E-state index < -0.39 is 0 Å². The fourth-order valence-corrected chi connectivity index (χ4v) is 1.38. The van der Waals surface area contributed by atoms with E-state index in [1.165, 1.54) is 5.57 Å². The van der Waals surface area contributed by atoms with E-state index in [1.54, 1.807) is 25.2 Å². The Morgan fingerprint density at radius 1 is 1.56 bits per heavy atom. The molecule has 0 aromatic rings. The maximum Gasteiger partial charge on any atom is 0.145 e. The van der Waals surface area contributed by atoms with Crippen LogP contribution in [0.25, 0.3) is 0 Å². The first-order valence-corrected chi connectivity index (χ1v) is 5.81. The van der Waals surface area contributed by atoms with Crippen LogP contribution in [0.2, 0.25) is 0 Å². The molecule has 0 heterocycles. The van der Waals surface area contributed by atoms with Gasteiger partial charge < -0.3 is 9.89 Å². The zero-order valence-corrected chi connectivity index (χ0v) is 11.3. The summed E-state index contributed by atoms with van der Waals surface area (Å²) in [5.74, 6) is 1.84. The van der Waals surface area contributed by atoms with Gasteiger partial charge in [-0.1, -0.05) is 6.92 Å². The molecule has 0 spiro atoms. The van der Waals surface area contributed by atoms with Crippen LogP contribution >= 0.6 is 0 Å². The summed E-state index contributed by atoms with van der Waals surface area (Å²) in [7, 11) is 1.77.